The van der Waals surface area contributed by atoms with E-state index in [1.807, 2.05) is 0 Å². The molecule has 0 aliphatic heterocycles. The molecule has 0 radical (unpaired) electrons. The Labute approximate surface area is 105 Å². The molecule has 0 N–H and O–H groups in total. The zero-order valence-corrected chi connectivity index (χ0v) is 14.0. The van der Waals surface area contributed by atoms with Crippen LogP contribution in [0.25, 0.3) is 0 Å². The molecule has 0 aromatic carbocycles. The third-order valence-corrected chi connectivity index (χ3v) is 7.90. The fraction of sp³-hybridized carbons (Fsp3) is 0.857. The van der Waals surface area contributed by atoms with E-state index >= 15 is 0 Å². The van der Waals surface area contributed by atoms with Crippen molar-refractivity contribution in [3.05, 3.63) is 0 Å². The van der Waals surface area contributed by atoms with Crippen LogP contribution in [-0.4, -0.2) is 22.6 Å². The van der Waals surface area contributed by atoms with Crippen LogP contribution in [0.5, 0.6) is 0 Å². The number of rotatable bonds is 4. The fourth-order valence-corrected chi connectivity index (χ4v) is 6.17. The summed E-state index contributed by atoms with van der Waals surface area (Å²) in [6, 6.07) is 0. The minimum atomic E-state index is -0.106. The Bertz CT molecular complexity index is 203. The Hall–Kier alpha value is 0.420. The minimum Gasteiger partial charge on any atom is -0.0715 e. The number of hydrogen-bond acceptors (Lipinski definition) is 0. The topological polar surface area (TPSA) is 0 Å². The van der Waals surface area contributed by atoms with Gasteiger partial charge in [-0.05, 0) is 38.5 Å². The lowest BCUT2D eigenvalue weighted by Gasteiger charge is -2.22. The molecule has 0 rings (SSSR count). The van der Waals surface area contributed by atoms with E-state index in [1.54, 1.807) is 0 Å². The quantitative estimate of drug-likeness (QED) is 0.461. The first-order chi connectivity index (χ1) is 7.27. The van der Waals surface area contributed by atoms with Gasteiger partial charge in [0, 0.05) is 0 Å². The normalized spacial score (nSPS) is 12.1. The van der Waals surface area contributed by atoms with E-state index in [9.17, 15) is 0 Å². The second-order valence-corrected chi connectivity index (χ2v) is 11.6. The molecule has 0 amide bonds. The van der Waals surface area contributed by atoms with Gasteiger partial charge in [0.1, 0.15) is 0 Å². The van der Waals surface area contributed by atoms with E-state index in [0.29, 0.717) is 0 Å². The lowest BCUT2D eigenvalue weighted by Crippen LogP contribution is -2.03. The summed E-state index contributed by atoms with van der Waals surface area (Å²) in [7, 11) is -0.211. The fourth-order valence-electron chi connectivity index (χ4n) is 1.82. The summed E-state index contributed by atoms with van der Waals surface area (Å²) in [5, 5.41) is 0. The highest BCUT2D eigenvalue weighted by Gasteiger charge is 2.17. The van der Waals surface area contributed by atoms with Gasteiger partial charge in [-0.1, -0.05) is 66.7 Å². The summed E-state index contributed by atoms with van der Waals surface area (Å²) >= 11 is 0. The molecule has 0 heterocycles. The maximum absolute atomic E-state index is 3.63. The van der Waals surface area contributed by atoms with Crippen LogP contribution < -0.4 is 0 Å². The SMILES string of the molecule is CC(C)P(C#CP(C(C)C)C(C)C)C(C)C. The van der Waals surface area contributed by atoms with E-state index in [1.165, 1.54) is 0 Å². The molecule has 16 heavy (non-hydrogen) atoms. The summed E-state index contributed by atoms with van der Waals surface area (Å²) < 4.78 is 0. The highest BCUT2D eigenvalue weighted by molar-refractivity contribution is 7.67. The van der Waals surface area contributed by atoms with Crippen molar-refractivity contribution in [2.75, 3.05) is 0 Å². The molecule has 0 fully saturated rings. The Morgan fingerprint density at radius 1 is 0.500 bits per heavy atom. The van der Waals surface area contributed by atoms with E-state index in [4.69, 9.17) is 0 Å². The van der Waals surface area contributed by atoms with Crippen molar-refractivity contribution in [2.24, 2.45) is 0 Å². The molecule has 0 saturated heterocycles. The average Bonchev–Trinajstić information content (AvgIpc) is 2.09. The van der Waals surface area contributed by atoms with Gasteiger partial charge in [-0.3, -0.25) is 0 Å². The van der Waals surface area contributed by atoms with Crippen LogP contribution in [0, 0.1) is 11.3 Å². The van der Waals surface area contributed by atoms with Gasteiger partial charge in [0.15, 0.2) is 0 Å². The summed E-state index contributed by atoms with van der Waals surface area (Å²) in [6.07, 6.45) is 0. The molecule has 0 spiro atoms. The van der Waals surface area contributed by atoms with E-state index in [0.717, 1.165) is 22.6 Å². The Morgan fingerprint density at radius 2 is 0.688 bits per heavy atom. The van der Waals surface area contributed by atoms with Crippen molar-refractivity contribution in [2.45, 2.75) is 78.0 Å². The van der Waals surface area contributed by atoms with Crippen molar-refractivity contribution in [1.29, 1.82) is 0 Å². The lowest BCUT2D eigenvalue weighted by atomic mass is 10.5. The molecule has 94 valence electrons. The molecular formula is C14H28P2. The van der Waals surface area contributed by atoms with E-state index in [-0.39, 0.29) is 15.8 Å². The van der Waals surface area contributed by atoms with Gasteiger partial charge in [0.2, 0.25) is 0 Å². The van der Waals surface area contributed by atoms with Crippen LogP contribution in [0.4, 0.5) is 0 Å². The highest BCUT2D eigenvalue weighted by atomic mass is 31.1. The second-order valence-electron chi connectivity index (χ2n) is 5.41. The minimum absolute atomic E-state index is 0.106. The van der Waals surface area contributed by atoms with Crippen molar-refractivity contribution in [1.82, 2.24) is 0 Å². The first-order valence-corrected chi connectivity index (χ1v) is 9.31. The molecule has 0 bridgehead atoms. The molecule has 0 nitrogen and oxygen atoms in total. The van der Waals surface area contributed by atoms with Gasteiger partial charge in [-0.25, -0.2) is 0 Å². The largest absolute Gasteiger partial charge is 0.0715 e. The second kappa shape index (κ2) is 7.69. The van der Waals surface area contributed by atoms with Crippen LogP contribution >= 0.6 is 15.8 Å². The molecule has 2 heteroatoms. The predicted octanol–water partition coefficient (Wildman–Crippen LogP) is 5.50. The zero-order valence-electron chi connectivity index (χ0n) is 12.2. The monoisotopic (exact) mass is 258 g/mol. The standard InChI is InChI=1S/C14H28P2/c1-11(2)15(12(3)4)9-10-16(13(5)6)14(7)8/h11-14H,1-8H3. The maximum Gasteiger partial charge on any atom is -0.0152 e. The Morgan fingerprint density at radius 3 is 0.812 bits per heavy atom. The summed E-state index contributed by atoms with van der Waals surface area (Å²) in [4.78, 5) is 0. The van der Waals surface area contributed by atoms with Gasteiger partial charge in [-0.15, -0.1) is 0 Å². The number of hydrogen-bond donors (Lipinski definition) is 0. The summed E-state index contributed by atoms with van der Waals surface area (Å²) in [5.74, 6) is 0. The van der Waals surface area contributed by atoms with E-state index in [2.05, 4.69) is 66.7 Å². The van der Waals surface area contributed by atoms with Crippen LogP contribution in [0.1, 0.15) is 55.4 Å². The first kappa shape index (κ1) is 16.4. The zero-order chi connectivity index (χ0) is 12.9. The molecule has 0 unspecified atom stereocenters. The molecule has 0 aromatic heterocycles. The summed E-state index contributed by atoms with van der Waals surface area (Å²) in [5.41, 5.74) is 10.2. The molecule has 0 saturated carbocycles. The first-order valence-electron chi connectivity index (χ1n) is 6.35. The van der Waals surface area contributed by atoms with Gasteiger partial charge in [-0.2, -0.15) is 0 Å². The van der Waals surface area contributed by atoms with Crippen molar-refractivity contribution in [3.8, 4) is 11.3 Å². The molecule has 0 atom stereocenters. The van der Waals surface area contributed by atoms with Crippen molar-refractivity contribution < 1.29 is 0 Å². The smallest absolute Gasteiger partial charge is 0.0152 e. The van der Waals surface area contributed by atoms with Crippen LogP contribution in [0.3, 0.4) is 0 Å². The van der Waals surface area contributed by atoms with Crippen LogP contribution in [0.2, 0.25) is 0 Å². The predicted molar refractivity (Wildman–Crippen MR) is 82.2 cm³/mol. The molecule has 0 aliphatic carbocycles. The van der Waals surface area contributed by atoms with Gasteiger partial charge in [0.05, 0.1) is 0 Å². The lowest BCUT2D eigenvalue weighted by molar-refractivity contribution is 1.02. The van der Waals surface area contributed by atoms with Gasteiger partial charge in [0.25, 0.3) is 0 Å². The maximum atomic E-state index is 3.63. The third kappa shape index (κ3) is 5.66. The van der Waals surface area contributed by atoms with Crippen molar-refractivity contribution >= 4 is 15.8 Å². The van der Waals surface area contributed by atoms with Gasteiger partial charge >= 0.3 is 0 Å². The van der Waals surface area contributed by atoms with Crippen molar-refractivity contribution in [3.63, 3.8) is 0 Å². The average molecular weight is 258 g/mol. The highest BCUT2D eigenvalue weighted by Crippen LogP contribution is 2.49. The molecular weight excluding hydrogens is 230 g/mol. The molecule has 0 aliphatic rings. The van der Waals surface area contributed by atoms with Gasteiger partial charge < -0.3 is 0 Å². The van der Waals surface area contributed by atoms with Crippen LogP contribution in [0.15, 0.2) is 0 Å². The summed E-state index contributed by atoms with van der Waals surface area (Å²) in [6.45, 7) is 18.5. The third-order valence-electron chi connectivity index (χ3n) is 2.53. The van der Waals surface area contributed by atoms with Crippen LogP contribution in [-0.2, 0) is 0 Å². The molecule has 0 aromatic rings. The van der Waals surface area contributed by atoms with E-state index < -0.39 is 0 Å². The Balaban J connectivity index is 4.76. The Kier molecular flexibility index (Phi) is 7.89.